The SMILES string of the molecule is COc1ccc(C(=O)N2CCC[C@](CO)(CC=C(C)C)C2)c(F)c1F. The number of carbonyl (C=O) groups excluding carboxylic acids is 1. The van der Waals surface area contributed by atoms with E-state index in [4.69, 9.17) is 4.74 Å². The van der Waals surface area contributed by atoms with Crippen LogP contribution < -0.4 is 4.74 Å². The first-order chi connectivity index (χ1) is 11.8. The van der Waals surface area contributed by atoms with Crippen molar-refractivity contribution >= 4 is 5.91 Å². The Hall–Kier alpha value is -1.95. The maximum absolute atomic E-state index is 14.2. The van der Waals surface area contributed by atoms with E-state index < -0.39 is 23.0 Å². The maximum Gasteiger partial charge on any atom is 0.256 e. The van der Waals surface area contributed by atoms with Gasteiger partial charge in [-0.25, -0.2) is 4.39 Å². The number of likely N-dealkylation sites (tertiary alicyclic amines) is 1. The van der Waals surface area contributed by atoms with E-state index in [9.17, 15) is 18.7 Å². The minimum atomic E-state index is -1.20. The Morgan fingerprint density at radius 3 is 2.68 bits per heavy atom. The van der Waals surface area contributed by atoms with Gasteiger partial charge in [0.2, 0.25) is 5.82 Å². The van der Waals surface area contributed by atoms with Crippen molar-refractivity contribution < 1.29 is 23.4 Å². The molecule has 1 N–H and O–H groups in total. The Morgan fingerprint density at radius 1 is 1.36 bits per heavy atom. The summed E-state index contributed by atoms with van der Waals surface area (Å²) in [6.45, 7) is 4.68. The van der Waals surface area contributed by atoms with E-state index in [0.29, 0.717) is 25.9 Å². The number of allylic oxidation sites excluding steroid dienone is 2. The van der Waals surface area contributed by atoms with Crippen molar-refractivity contribution in [3.63, 3.8) is 0 Å². The van der Waals surface area contributed by atoms with E-state index in [0.717, 1.165) is 12.0 Å². The number of rotatable bonds is 5. The van der Waals surface area contributed by atoms with Crippen LogP contribution in [-0.4, -0.2) is 42.7 Å². The van der Waals surface area contributed by atoms with Crippen LogP contribution in [-0.2, 0) is 0 Å². The average Bonchev–Trinajstić information content (AvgIpc) is 2.62. The predicted molar refractivity (Wildman–Crippen MR) is 91.6 cm³/mol. The van der Waals surface area contributed by atoms with Crippen molar-refractivity contribution in [3.05, 3.63) is 41.0 Å². The van der Waals surface area contributed by atoms with E-state index >= 15 is 0 Å². The zero-order valence-corrected chi connectivity index (χ0v) is 14.9. The second-order valence-electron chi connectivity index (χ2n) is 6.92. The molecule has 0 bridgehead atoms. The first-order valence-electron chi connectivity index (χ1n) is 8.39. The molecule has 0 unspecified atom stereocenters. The van der Waals surface area contributed by atoms with Crippen molar-refractivity contribution in [2.45, 2.75) is 33.1 Å². The molecule has 0 radical (unpaired) electrons. The van der Waals surface area contributed by atoms with Crippen LogP contribution in [0.2, 0.25) is 0 Å². The predicted octanol–water partition coefficient (Wildman–Crippen LogP) is 3.54. The van der Waals surface area contributed by atoms with Crippen LogP contribution in [0.3, 0.4) is 0 Å². The van der Waals surface area contributed by atoms with Gasteiger partial charge in [0.25, 0.3) is 5.91 Å². The monoisotopic (exact) mass is 353 g/mol. The summed E-state index contributed by atoms with van der Waals surface area (Å²) in [7, 11) is 1.24. The van der Waals surface area contributed by atoms with E-state index in [-0.39, 0.29) is 17.9 Å². The minimum absolute atomic E-state index is 0.0555. The van der Waals surface area contributed by atoms with Gasteiger partial charge in [-0.3, -0.25) is 4.79 Å². The zero-order chi connectivity index (χ0) is 18.6. The number of piperidine rings is 1. The number of aliphatic hydroxyl groups excluding tert-OH is 1. The Bertz CT molecular complexity index is 671. The molecule has 1 heterocycles. The molecule has 25 heavy (non-hydrogen) atoms. The zero-order valence-electron chi connectivity index (χ0n) is 14.9. The summed E-state index contributed by atoms with van der Waals surface area (Å²) in [5, 5.41) is 9.87. The maximum atomic E-state index is 14.2. The number of hydrogen-bond donors (Lipinski definition) is 1. The highest BCUT2D eigenvalue weighted by Crippen LogP contribution is 2.35. The highest BCUT2D eigenvalue weighted by Gasteiger charge is 2.37. The number of carbonyl (C=O) groups is 1. The molecule has 0 spiro atoms. The quantitative estimate of drug-likeness (QED) is 0.824. The largest absolute Gasteiger partial charge is 0.494 e. The Balaban J connectivity index is 2.25. The van der Waals surface area contributed by atoms with E-state index in [1.165, 1.54) is 24.1 Å². The fourth-order valence-electron chi connectivity index (χ4n) is 3.19. The van der Waals surface area contributed by atoms with Crippen LogP contribution in [0.1, 0.15) is 43.5 Å². The lowest BCUT2D eigenvalue weighted by molar-refractivity contribution is 0.0280. The van der Waals surface area contributed by atoms with Crippen LogP contribution in [0.5, 0.6) is 5.75 Å². The van der Waals surface area contributed by atoms with Crippen LogP contribution in [0, 0.1) is 17.0 Å². The second-order valence-corrected chi connectivity index (χ2v) is 6.92. The molecule has 2 rings (SSSR count). The molecule has 1 saturated heterocycles. The molecule has 1 aliphatic heterocycles. The first-order valence-corrected chi connectivity index (χ1v) is 8.39. The average molecular weight is 353 g/mol. The van der Waals surface area contributed by atoms with Crippen LogP contribution in [0.15, 0.2) is 23.8 Å². The van der Waals surface area contributed by atoms with Gasteiger partial charge in [-0.15, -0.1) is 0 Å². The summed E-state index contributed by atoms with van der Waals surface area (Å²) in [5.41, 5.74) is 0.390. The van der Waals surface area contributed by atoms with Crippen molar-refractivity contribution in [1.82, 2.24) is 4.90 Å². The highest BCUT2D eigenvalue weighted by atomic mass is 19.2. The fraction of sp³-hybridized carbons (Fsp3) is 0.526. The number of ether oxygens (including phenoxy) is 1. The summed E-state index contributed by atoms with van der Waals surface area (Å²) < 4.78 is 32.9. The van der Waals surface area contributed by atoms with E-state index in [2.05, 4.69) is 0 Å². The smallest absolute Gasteiger partial charge is 0.256 e. The van der Waals surface area contributed by atoms with Crippen LogP contribution in [0.4, 0.5) is 8.78 Å². The highest BCUT2D eigenvalue weighted by molar-refractivity contribution is 5.94. The Kier molecular flexibility index (Phi) is 6.16. The molecule has 1 atom stereocenters. The summed E-state index contributed by atoms with van der Waals surface area (Å²) in [6.07, 6.45) is 4.19. The molecule has 0 aliphatic carbocycles. The summed E-state index contributed by atoms with van der Waals surface area (Å²) in [6, 6.07) is 2.49. The Morgan fingerprint density at radius 2 is 2.08 bits per heavy atom. The third-order valence-corrected chi connectivity index (χ3v) is 4.72. The van der Waals surface area contributed by atoms with Crippen LogP contribution >= 0.6 is 0 Å². The molecule has 0 aromatic heterocycles. The fourth-order valence-corrected chi connectivity index (χ4v) is 3.19. The minimum Gasteiger partial charge on any atom is -0.494 e. The second kappa shape index (κ2) is 7.95. The molecule has 1 aliphatic rings. The normalized spacial score (nSPS) is 20.3. The number of aliphatic hydroxyl groups is 1. The molecule has 6 heteroatoms. The molecule has 4 nitrogen and oxygen atoms in total. The summed E-state index contributed by atoms with van der Waals surface area (Å²) >= 11 is 0. The number of hydrogen-bond acceptors (Lipinski definition) is 3. The molecule has 138 valence electrons. The summed E-state index contributed by atoms with van der Waals surface area (Å²) in [5.74, 6) is -3.16. The molecule has 0 saturated carbocycles. The van der Waals surface area contributed by atoms with Gasteiger partial charge in [-0.1, -0.05) is 11.6 Å². The molecular weight excluding hydrogens is 328 g/mol. The number of halogens is 2. The van der Waals surface area contributed by atoms with Crippen molar-refractivity contribution in [1.29, 1.82) is 0 Å². The molecular formula is C19H25F2NO3. The molecule has 1 aromatic rings. The Labute approximate surface area is 147 Å². The first kappa shape index (κ1) is 19.4. The van der Waals surface area contributed by atoms with Crippen molar-refractivity contribution in [3.8, 4) is 5.75 Å². The lowest BCUT2D eigenvalue weighted by atomic mass is 9.77. The number of methoxy groups -OCH3 is 1. The van der Waals surface area contributed by atoms with Gasteiger partial charge in [-0.2, -0.15) is 4.39 Å². The lowest BCUT2D eigenvalue weighted by Gasteiger charge is -2.41. The number of amides is 1. The third-order valence-electron chi connectivity index (χ3n) is 4.72. The van der Waals surface area contributed by atoms with Gasteiger partial charge in [-0.05, 0) is 45.2 Å². The van der Waals surface area contributed by atoms with E-state index in [1.807, 2.05) is 19.9 Å². The summed E-state index contributed by atoms with van der Waals surface area (Å²) in [4.78, 5) is 14.2. The van der Waals surface area contributed by atoms with E-state index in [1.54, 1.807) is 0 Å². The number of nitrogens with zero attached hydrogens (tertiary/aromatic N) is 1. The molecule has 1 aromatic carbocycles. The topological polar surface area (TPSA) is 49.8 Å². The molecule has 1 amide bonds. The van der Waals surface area contributed by atoms with Crippen molar-refractivity contribution in [2.75, 3.05) is 26.8 Å². The third kappa shape index (κ3) is 4.18. The van der Waals surface area contributed by atoms with Gasteiger partial charge >= 0.3 is 0 Å². The lowest BCUT2D eigenvalue weighted by Crippen LogP contribution is -2.48. The van der Waals surface area contributed by atoms with Crippen LogP contribution in [0.25, 0.3) is 0 Å². The van der Waals surface area contributed by atoms with Gasteiger partial charge in [0.05, 0.1) is 19.3 Å². The standard InChI is InChI=1S/C19H25F2NO3/c1-13(2)7-9-19(12-23)8-4-10-22(11-19)18(24)14-5-6-15(25-3)17(21)16(14)20/h5-7,23H,4,8-12H2,1-3H3/t19-/m0/s1. The van der Waals surface area contributed by atoms with Gasteiger partial charge in [0.15, 0.2) is 11.6 Å². The van der Waals surface area contributed by atoms with Gasteiger partial charge in [0, 0.05) is 18.5 Å². The molecule has 1 fully saturated rings. The van der Waals surface area contributed by atoms with Gasteiger partial charge < -0.3 is 14.7 Å². The van der Waals surface area contributed by atoms with Crippen molar-refractivity contribution in [2.24, 2.45) is 5.41 Å². The van der Waals surface area contributed by atoms with Gasteiger partial charge in [0.1, 0.15) is 0 Å². The number of benzene rings is 1.